The van der Waals surface area contributed by atoms with E-state index in [2.05, 4.69) is 91.7 Å². The normalized spacial score (nSPS) is 16.7. The van der Waals surface area contributed by atoms with Crippen LogP contribution in [0.2, 0.25) is 0 Å². The second-order valence-electron chi connectivity index (χ2n) is 18.0. The topological polar surface area (TPSA) is 96.3 Å². The Balaban J connectivity index is 0.000000122. The number of benzene rings is 6. The van der Waals surface area contributed by atoms with E-state index in [1.165, 1.54) is 68.6 Å². The van der Waals surface area contributed by atoms with Crippen molar-refractivity contribution < 1.29 is 19.3 Å². The van der Waals surface area contributed by atoms with Gasteiger partial charge in [0.1, 0.15) is 23.0 Å². The van der Waals surface area contributed by atoms with E-state index in [9.17, 15) is 5.11 Å². The maximum atomic E-state index is 9.71. The first kappa shape index (κ1) is 47.5. The Morgan fingerprint density at radius 3 is 1.40 bits per heavy atom. The number of ether oxygens (including phenoxy) is 3. The van der Waals surface area contributed by atoms with Crippen molar-refractivity contribution in [3.63, 3.8) is 0 Å². The maximum absolute atomic E-state index is 9.71. The Labute approximate surface area is 422 Å². The van der Waals surface area contributed by atoms with E-state index in [-0.39, 0.29) is 11.8 Å². The lowest BCUT2D eigenvalue weighted by molar-refractivity contribution is 0.215. The molecule has 1 N–H and O–H groups in total. The molecule has 0 radical (unpaired) electrons. The largest absolute Gasteiger partial charge is 0.511 e. The van der Waals surface area contributed by atoms with Crippen LogP contribution in [0.5, 0.6) is 32.8 Å². The smallest absolute Gasteiger partial charge is 0.279 e. The van der Waals surface area contributed by atoms with Crippen LogP contribution in [0.25, 0.3) is 30.6 Å². The van der Waals surface area contributed by atoms with Gasteiger partial charge in [0.05, 0.1) is 36.7 Å². The Kier molecular flexibility index (Phi) is 15.4. The standard InChI is InChI=1S/C20H20N2O2S.C19H20N2OS.C18H18N2OS/c1-14(23)18-6-4-12-22(18)13-15-8-10-16(11-9-15)24-20-21-17-5-2-3-7-19(17)25-20;1-14(21-12-4-5-13-21)15-8-10-16(11-9-15)22-19-20-17-6-2-3-7-18(17)23-19;1-2-6-17-16(5-1)19-18(22-17)21-15-9-7-14(8-10-15)13-20-11-3-4-12-20/h2-3,5,7-11,18,23H,1,4,6,12-13H2;2-3,6-11,14H,4-5,12-13H2,1H3;1-2,5-10H,3-4,11-13H2. The molecule has 0 spiro atoms. The quantitative estimate of drug-likeness (QED) is 0.113. The first-order chi connectivity index (χ1) is 34.3. The van der Waals surface area contributed by atoms with Crippen LogP contribution in [0.15, 0.2) is 158 Å². The van der Waals surface area contributed by atoms with Gasteiger partial charge in [0.2, 0.25) is 0 Å². The summed E-state index contributed by atoms with van der Waals surface area (Å²) >= 11 is 4.71. The lowest BCUT2D eigenvalue weighted by atomic mass is 10.1. The molecule has 3 aromatic heterocycles. The van der Waals surface area contributed by atoms with Gasteiger partial charge in [-0.15, -0.1) is 0 Å². The van der Waals surface area contributed by atoms with Crippen LogP contribution in [-0.2, 0) is 13.1 Å². The van der Waals surface area contributed by atoms with Crippen LogP contribution in [0.3, 0.4) is 0 Å². The molecule has 12 rings (SSSR count). The van der Waals surface area contributed by atoms with Crippen LogP contribution >= 0.6 is 34.0 Å². The molecule has 6 heterocycles. The molecule has 3 aliphatic heterocycles. The average Bonchev–Trinajstić information content (AvgIpc) is 4.26. The molecule has 3 saturated heterocycles. The fourth-order valence-corrected chi connectivity index (χ4v) is 11.8. The minimum Gasteiger partial charge on any atom is -0.511 e. The average molecular weight is 987 g/mol. The molecule has 3 aliphatic rings. The molecule has 2 atom stereocenters. The zero-order valence-corrected chi connectivity index (χ0v) is 41.9. The van der Waals surface area contributed by atoms with E-state index in [0.29, 0.717) is 21.6 Å². The van der Waals surface area contributed by atoms with Crippen molar-refractivity contribution >= 4 is 64.7 Å². The van der Waals surface area contributed by atoms with Crippen molar-refractivity contribution in [2.45, 2.75) is 70.6 Å². The Morgan fingerprint density at radius 2 is 0.957 bits per heavy atom. The van der Waals surface area contributed by atoms with Gasteiger partial charge < -0.3 is 19.3 Å². The summed E-state index contributed by atoms with van der Waals surface area (Å²) < 4.78 is 21.1. The number of para-hydroxylation sites is 3. The van der Waals surface area contributed by atoms with Crippen molar-refractivity contribution in [3.05, 3.63) is 175 Å². The highest BCUT2D eigenvalue weighted by Crippen LogP contribution is 2.35. The van der Waals surface area contributed by atoms with E-state index in [1.807, 2.05) is 97.1 Å². The van der Waals surface area contributed by atoms with Gasteiger partial charge in [0, 0.05) is 19.1 Å². The van der Waals surface area contributed by atoms with Crippen LogP contribution in [-0.4, -0.2) is 73.5 Å². The molecule has 0 bridgehead atoms. The number of fused-ring (bicyclic) bond motifs is 3. The molecular weight excluding hydrogens is 929 g/mol. The van der Waals surface area contributed by atoms with E-state index in [0.717, 1.165) is 80.4 Å². The van der Waals surface area contributed by atoms with Crippen molar-refractivity contribution in [3.8, 4) is 32.8 Å². The van der Waals surface area contributed by atoms with Gasteiger partial charge in [-0.1, -0.05) is 113 Å². The number of hydrogen-bond donors (Lipinski definition) is 1. The van der Waals surface area contributed by atoms with Crippen molar-refractivity contribution in [1.29, 1.82) is 0 Å². The summed E-state index contributed by atoms with van der Waals surface area (Å²) in [5.41, 5.74) is 6.84. The monoisotopic (exact) mass is 986 g/mol. The summed E-state index contributed by atoms with van der Waals surface area (Å²) in [5, 5.41) is 11.8. The summed E-state index contributed by atoms with van der Waals surface area (Å²) in [6.45, 7) is 13.7. The third kappa shape index (κ3) is 12.2. The van der Waals surface area contributed by atoms with Crippen LogP contribution in [0, 0.1) is 0 Å². The van der Waals surface area contributed by atoms with Gasteiger partial charge in [-0.2, -0.15) is 0 Å². The zero-order chi connectivity index (χ0) is 47.7. The third-order valence-corrected chi connectivity index (χ3v) is 15.8. The van der Waals surface area contributed by atoms with E-state index in [4.69, 9.17) is 14.2 Å². The SMILES string of the molecule is C=C(O)C1CCCN1Cc1ccc(Oc2nc3ccccc3s2)cc1.CC(c1ccc(Oc2nc3ccccc3s2)cc1)N1CCCC1.c1ccc2sc(Oc3ccc(CN4CCCC4)cc3)nc2c1. The number of aliphatic hydroxyl groups is 1. The van der Waals surface area contributed by atoms with Crippen molar-refractivity contribution in [2.24, 2.45) is 0 Å². The summed E-state index contributed by atoms with van der Waals surface area (Å²) in [6, 6.07) is 49.7. The minimum atomic E-state index is 0.0821. The first-order valence-electron chi connectivity index (χ1n) is 24.3. The molecule has 70 heavy (non-hydrogen) atoms. The molecule has 13 heteroatoms. The number of nitrogens with zero attached hydrogens (tertiary/aromatic N) is 6. The third-order valence-electron chi connectivity index (χ3n) is 13.1. The molecule has 3 fully saturated rings. The van der Waals surface area contributed by atoms with Gasteiger partial charge in [-0.05, 0) is 168 Å². The number of aromatic nitrogens is 3. The molecule has 0 aliphatic carbocycles. The van der Waals surface area contributed by atoms with Crippen molar-refractivity contribution in [1.82, 2.24) is 29.7 Å². The molecule has 0 saturated carbocycles. The predicted molar refractivity (Wildman–Crippen MR) is 287 cm³/mol. The molecule has 358 valence electrons. The van der Waals surface area contributed by atoms with Crippen LogP contribution in [0.4, 0.5) is 0 Å². The van der Waals surface area contributed by atoms with Gasteiger partial charge >= 0.3 is 0 Å². The number of rotatable bonds is 13. The number of hydrogen-bond acceptors (Lipinski definition) is 13. The molecule has 6 aromatic carbocycles. The van der Waals surface area contributed by atoms with Gasteiger partial charge in [0.25, 0.3) is 15.6 Å². The second kappa shape index (κ2) is 22.7. The number of thiazole rings is 3. The molecular formula is C57H58N6O4S3. The fourth-order valence-electron chi connectivity index (χ4n) is 9.29. The Bertz CT molecular complexity index is 3010. The number of likely N-dealkylation sites (tertiary alicyclic amines) is 3. The molecule has 0 amide bonds. The lowest BCUT2D eigenvalue weighted by Gasteiger charge is -2.24. The zero-order valence-electron chi connectivity index (χ0n) is 39.5. The van der Waals surface area contributed by atoms with E-state index >= 15 is 0 Å². The minimum absolute atomic E-state index is 0.0821. The van der Waals surface area contributed by atoms with Crippen LogP contribution < -0.4 is 14.2 Å². The fraction of sp³-hybridized carbons (Fsp3) is 0.281. The van der Waals surface area contributed by atoms with Gasteiger partial charge in [-0.25, -0.2) is 15.0 Å². The number of aliphatic hydroxyl groups excluding tert-OH is 1. The van der Waals surface area contributed by atoms with Gasteiger partial charge in [0.15, 0.2) is 0 Å². The highest BCUT2D eigenvalue weighted by atomic mass is 32.1. The molecule has 10 nitrogen and oxygen atoms in total. The molecule has 9 aromatic rings. The highest BCUT2D eigenvalue weighted by Gasteiger charge is 2.27. The van der Waals surface area contributed by atoms with Crippen LogP contribution in [0.1, 0.15) is 68.2 Å². The highest BCUT2D eigenvalue weighted by molar-refractivity contribution is 7.20. The lowest BCUT2D eigenvalue weighted by Crippen LogP contribution is -2.30. The molecule has 2 unspecified atom stereocenters. The predicted octanol–water partition coefficient (Wildman–Crippen LogP) is 15.1. The maximum Gasteiger partial charge on any atom is 0.279 e. The van der Waals surface area contributed by atoms with Crippen molar-refractivity contribution in [2.75, 3.05) is 32.7 Å². The summed E-state index contributed by atoms with van der Waals surface area (Å²) in [6.07, 6.45) is 7.39. The second-order valence-corrected chi connectivity index (χ2v) is 21.0. The van der Waals surface area contributed by atoms with E-state index < -0.39 is 0 Å². The van der Waals surface area contributed by atoms with Gasteiger partial charge in [-0.3, -0.25) is 14.7 Å². The Morgan fingerprint density at radius 1 is 0.543 bits per heavy atom. The first-order valence-corrected chi connectivity index (χ1v) is 26.8. The Hall–Kier alpha value is -6.19. The van der Waals surface area contributed by atoms with E-state index in [1.54, 1.807) is 34.0 Å². The summed E-state index contributed by atoms with van der Waals surface area (Å²) in [4.78, 5) is 20.8. The summed E-state index contributed by atoms with van der Waals surface area (Å²) in [5.74, 6) is 2.76. The summed E-state index contributed by atoms with van der Waals surface area (Å²) in [7, 11) is 0.